The number of rotatable bonds is 4. The first-order chi connectivity index (χ1) is 7.40. The molecule has 4 nitrogen and oxygen atoms in total. The van der Waals surface area contributed by atoms with Crippen molar-refractivity contribution in [3.05, 3.63) is 11.1 Å². The minimum Gasteiger partial charge on any atom is -0.396 e. The van der Waals surface area contributed by atoms with Crippen LogP contribution in [0.2, 0.25) is 0 Å². The number of aliphatic hydroxyl groups is 1. The molecule has 1 aliphatic heterocycles. The van der Waals surface area contributed by atoms with Crippen LogP contribution in [-0.4, -0.2) is 38.8 Å². The molecule has 1 unspecified atom stereocenters. The van der Waals surface area contributed by atoms with Crippen molar-refractivity contribution in [1.82, 2.24) is 14.5 Å². The predicted octanol–water partition coefficient (Wildman–Crippen LogP) is 1.27. The van der Waals surface area contributed by atoms with Crippen LogP contribution in [0.3, 0.4) is 0 Å². The molecular weight excluding hydrogens is 210 g/mol. The van der Waals surface area contributed by atoms with Crippen molar-refractivity contribution in [3.63, 3.8) is 0 Å². The molecule has 0 aliphatic carbocycles. The van der Waals surface area contributed by atoms with Crippen LogP contribution in [0.25, 0.3) is 0 Å². The maximum Gasteiger partial charge on any atom is 0.0895 e. The second kappa shape index (κ2) is 5.53. The standard InChI is InChI=1S/C10H17N3OS/c14-6-4-10-3-1-2-5-13(10)7-9-8-15-12-11-9/h8,10,14H,1-7H2. The molecule has 0 amide bonds. The number of nitrogens with zero attached hydrogens (tertiary/aromatic N) is 3. The molecule has 1 aromatic rings. The van der Waals surface area contributed by atoms with Gasteiger partial charge in [-0.05, 0) is 37.3 Å². The van der Waals surface area contributed by atoms with Crippen molar-refractivity contribution in [1.29, 1.82) is 0 Å². The van der Waals surface area contributed by atoms with Crippen LogP contribution in [0.1, 0.15) is 31.4 Å². The van der Waals surface area contributed by atoms with E-state index in [9.17, 15) is 0 Å². The summed E-state index contributed by atoms with van der Waals surface area (Å²) in [7, 11) is 0. The Balaban J connectivity index is 1.92. The largest absolute Gasteiger partial charge is 0.396 e. The van der Waals surface area contributed by atoms with E-state index in [1.54, 1.807) is 0 Å². The maximum atomic E-state index is 9.01. The van der Waals surface area contributed by atoms with Gasteiger partial charge in [-0.15, -0.1) is 5.10 Å². The molecule has 1 saturated heterocycles. The summed E-state index contributed by atoms with van der Waals surface area (Å²) in [5.41, 5.74) is 1.06. The first-order valence-corrected chi connectivity index (χ1v) is 6.34. The van der Waals surface area contributed by atoms with Gasteiger partial charge in [0, 0.05) is 24.6 Å². The lowest BCUT2D eigenvalue weighted by Gasteiger charge is -2.34. The predicted molar refractivity (Wildman–Crippen MR) is 59.7 cm³/mol. The fourth-order valence-electron chi connectivity index (χ4n) is 2.21. The van der Waals surface area contributed by atoms with Crippen LogP contribution in [0.15, 0.2) is 5.38 Å². The quantitative estimate of drug-likeness (QED) is 0.841. The van der Waals surface area contributed by atoms with E-state index in [4.69, 9.17) is 5.11 Å². The highest BCUT2D eigenvalue weighted by molar-refractivity contribution is 7.03. The van der Waals surface area contributed by atoms with Crippen LogP contribution >= 0.6 is 11.5 Å². The molecule has 0 aromatic carbocycles. The van der Waals surface area contributed by atoms with Gasteiger partial charge in [-0.2, -0.15) is 0 Å². The molecule has 1 fully saturated rings. The highest BCUT2D eigenvalue weighted by Gasteiger charge is 2.22. The van der Waals surface area contributed by atoms with Gasteiger partial charge >= 0.3 is 0 Å². The SMILES string of the molecule is OCCC1CCCCN1Cc1csnn1. The van der Waals surface area contributed by atoms with Crippen LogP contribution in [0.4, 0.5) is 0 Å². The molecule has 1 atom stereocenters. The third kappa shape index (κ3) is 2.96. The van der Waals surface area contributed by atoms with E-state index >= 15 is 0 Å². The van der Waals surface area contributed by atoms with Crippen molar-refractivity contribution in [3.8, 4) is 0 Å². The lowest BCUT2D eigenvalue weighted by Crippen LogP contribution is -2.39. The molecular formula is C10H17N3OS. The van der Waals surface area contributed by atoms with Gasteiger partial charge in [-0.3, -0.25) is 4.90 Å². The number of likely N-dealkylation sites (tertiary alicyclic amines) is 1. The second-order valence-electron chi connectivity index (χ2n) is 4.03. The second-order valence-corrected chi connectivity index (χ2v) is 4.64. The minimum absolute atomic E-state index is 0.288. The lowest BCUT2D eigenvalue weighted by atomic mass is 9.99. The lowest BCUT2D eigenvalue weighted by molar-refractivity contribution is 0.111. The molecule has 84 valence electrons. The van der Waals surface area contributed by atoms with Gasteiger partial charge in [0.2, 0.25) is 0 Å². The molecule has 2 rings (SSSR count). The average molecular weight is 227 g/mol. The monoisotopic (exact) mass is 227 g/mol. The molecule has 0 spiro atoms. The van der Waals surface area contributed by atoms with Crippen molar-refractivity contribution < 1.29 is 5.11 Å². The van der Waals surface area contributed by atoms with Gasteiger partial charge in [-0.25, -0.2) is 0 Å². The summed E-state index contributed by atoms with van der Waals surface area (Å²) in [5.74, 6) is 0. The zero-order valence-electron chi connectivity index (χ0n) is 8.80. The van der Waals surface area contributed by atoms with E-state index in [1.165, 1.54) is 30.8 Å². The van der Waals surface area contributed by atoms with E-state index in [1.807, 2.05) is 5.38 Å². The molecule has 1 N–H and O–H groups in total. The molecule has 0 saturated carbocycles. The van der Waals surface area contributed by atoms with Crippen LogP contribution < -0.4 is 0 Å². The summed E-state index contributed by atoms with van der Waals surface area (Å²) in [6.07, 6.45) is 4.64. The summed E-state index contributed by atoms with van der Waals surface area (Å²) in [6, 6.07) is 0.533. The number of hydrogen-bond acceptors (Lipinski definition) is 5. The summed E-state index contributed by atoms with van der Waals surface area (Å²) in [4.78, 5) is 2.43. The van der Waals surface area contributed by atoms with Crippen molar-refractivity contribution in [2.75, 3.05) is 13.2 Å². The number of aliphatic hydroxyl groups excluding tert-OH is 1. The Labute approximate surface area is 94.1 Å². The van der Waals surface area contributed by atoms with Gasteiger partial charge in [0.15, 0.2) is 0 Å². The average Bonchev–Trinajstić information content (AvgIpc) is 2.74. The fraction of sp³-hybridized carbons (Fsp3) is 0.800. The molecule has 15 heavy (non-hydrogen) atoms. The Morgan fingerprint density at radius 3 is 3.20 bits per heavy atom. The smallest absolute Gasteiger partial charge is 0.0895 e. The van der Waals surface area contributed by atoms with Crippen molar-refractivity contribution in [2.24, 2.45) is 0 Å². The third-order valence-corrected chi connectivity index (χ3v) is 3.54. The molecule has 1 aliphatic rings. The Hall–Kier alpha value is -0.520. The van der Waals surface area contributed by atoms with Gasteiger partial charge < -0.3 is 5.11 Å². The fourth-order valence-corrected chi connectivity index (χ4v) is 2.65. The number of aromatic nitrogens is 2. The highest BCUT2D eigenvalue weighted by atomic mass is 32.1. The molecule has 2 heterocycles. The minimum atomic E-state index is 0.288. The van der Waals surface area contributed by atoms with Crippen LogP contribution in [0.5, 0.6) is 0 Å². The Kier molecular flexibility index (Phi) is 4.05. The van der Waals surface area contributed by atoms with Gasteiger partial charge in [-0.1, -0.05) is 10.9 Å². The Morgan fingerprint density at radius 1 is 1.53 bits per heavy atom. The molecule has 0 radical (unpaired) electrons. The first-order valence-electron chi connectivity index (χ1n) is 5.51. The van der Waals surface area contributed by atoms with Gasteiger partial charge in [0.1, 0.15) is 0 Å². The van der Waals surface area contributed by atoms with E-state index in [0.29, 0.717) is 6.04 Å². The van der Waals surface area contributed by atoms with E-state index in [0.717, 1.165) is 25.2 Å². The van der Waals surface area contributed by atoms with E-state index in [2.05, 4.69) is 14.5 Å². The van der Waals surface area contributed by atoms with E-state index in [-0.39, 0.29) is 6.61 Å². The summed E-state index contributed by atoms with van der Waals surface area (Å²) >= 11 is 1.41. The molecule has 0 bridgehead atoms. The summed E-state index contributed by atoms with van der Waals surface area (Å²) in [6.45, 7) is 2.31. The van der Waals surface area contributed by atoms with Crippen LogP contribution in [0, 0.1) is 0 Å². The first kappa shape index (κ1) is 11.0. The highest BCUT2D eigenvalue weighted by Crippen LogP contribution is 2.21. The molecule has 1 aromatic heterocycles. The van der Waals surface area contributed by atoms with E-state index < -0.39 is 0 Å². The summed E-state index contributed by atoms with van der Waals surface area (Å²) < 4.78 is 3.87. The summed E-state index contributed by atoms with van der Waals surface area (Å²) in [5, 5.41) is 15.1. The van der Waals surface area contributed by atoms with Crippen molar-refractivity contribution in [2.45, 2.75) is 38.3 Å². The van der Waals surface area contributed by atoms with Gasteiger partial charge in [0.25, 0.3) is 0 Å². The normalized spacial score (nSPS) is 23.1. The zero-order valence-corrected chi connectivity index (χ0v) is 9.62. The van der Waals surface area contributed by atoms with Crippen LogP contribution in [-0.2, 0) is 6.54 Å². The molecule has 5 heteroatoms. The maximum absolute atomic E-state index is 9.01. The number of hydrogen-bond donors (Lipinski definition) is 1. The zero-order chi connectivity index (χ0) is 10.5. The Bertz CT molecular complexity index is 276. The third-order valence-electron chi connectivity index (χ3n) is 2.98. The number of piperidine rings is 1. The topological polar surface area (TPSA) is 49.2 Å². The Morgan fingerprint density at radius 2 is 2.47 bits per heavy atom. The van der Waals surface area contributed by atoms with Gasteiger partial charge in [0.05, 0.1) is 5.69 Å². The van der Waals surface area contributed by atoms with Crippen molar-refractivity contribution >= 4 is 11.5 Å².